The van der Waals surface area contributed by atoms with E-state index in [4.69, 9.17) is 4.74 Å². The zero-order valence-corrected chi connectivity index (χ0v) is 18.2. The molecule has 2 aliphatic rings. The monoisotopic (exact) mass is 426 g/mol. The summed E-state index contributed by atoms with van der Waals surface area (Å²) in [5.41, 5.74) is 3.75. The van der Waals surface area contributed by atoms with Gasteiger partial charge in [0.15, 0.2) is 5.78 Å². The number of aryl methyl sites for hydroxylation is 1. The maximum Gasteiger partial charge on any atom is 0.344 e. The summed E-state index contributed by atoms with van der Waals surface area (Å²) in [6.07, 6.45) is 3.74. The van der Waals surface area contributed by atoms with E-state index in [2.05, 4.69) is 35.1 Å². The van der Waals surface area contributed by atoms with Crippen LogP contribution in [0.2, 0.25) is 0 Å². The summed E-state index contributed by atoms with van der Waals surface area (Å²) in [7, 11) is 0. The van der Waals surface area contributed by atoms with Gasteiger partial charge in [0.25, 0.3) is 0 Å². The highest BCUT2D eigenvalue weighted by molar-refractivity contribution is 5.92. The molecule has 0 radical (unpaired) electrons. The number of aliphatic hydroxyl groups is 1. The van der Waals surface area contributed by atoms with E-state index in [1.807, 2.05) is 0 Å². The molecular weight excluding hydrogens is 396 g/mol. The van der Waals surface area contributed by atoms with Crippen molar-refractivity contribution in [2.75, 3.05) is 31.1 Å². The fourth-order valence-electron chi connectivity index (χ4n) is 4.27. The van der Waals surface area contributed by atoms with Gasteiger partial charge in [-0.3, -0.25) is 4.79 Å². The molecule has 2 saturated heterocycles. The summed E-state index contributed by atoms with van der Waals surface area (Å²) in [5, 5.41) is 13.9. The van der Waals surface area contributed by atoms with Gasteiger partial charge in [-0.25, -0.2) is 4.79 Å². The number of piperidine rings is 1. The van der Waals surface area contributed by atoms with Gasteiger partial charge in [0.05, 0.1) is 18.8 Å². The van der Waals surface area contributed by atoms with Crippen LogP contribution in [0, 0.1) is 6.92 Å². The van der Waals surface area contributed by atoms with Gasteiger partial charge in [-0.15, -0.1) is 0 Å². The number of amides is 1. The average Bonchev–Trinajstić information content (AvgIpc) is 3.41. The Bertz CT molecular complexity index is 949. The fourth-order valence-corrected chi connectivity index (χ4v) is 4.27. The van der Waals surface area contributed by atoms with Crippen LogP contribution in [0.3, 0.4) is 0 Å². The minimum absolute atomic E-state index is 0.104. The third kappa shape index (κ3) is 5.14. The number of nitrogens with zero attached hydrogens (tertiary/aromatic N) is 4. The lowest BCUT2D eigenvalue weighted by molar-refractivity contribution is 0.00435. The van der Waals surface area contributed by atoms with Crippen LogP contribution in [0.15, 0.2) is 30.5 Å². The number of aliphatic hydroxyl groups excluding tert-OH is 1. The van der Waals surface area contributed by atoms with Gasteiger partial charge in [-0.2, -0.15) is 9.78 Å². The summed E-state index contributed by atoms with van der Waals surface area (Å²) in [6.45, 7) is 6.81. The Labute approximate surface area is 182 Å². The number of rotatable bonds is 5. The standard InChI is InChI=1S/C23H30N4O4/c1-16-11-18(13-19(12-16)26-7-3-20(29)14-26)15-31-21-4-8-25(9-5-21)23(30)27-10-6-22(24-27)17(2)28/h6,10-13,20-21,29H,3-5,7-9,14-15H2,1-2H3/t20-/m0/s1. The average molecular weight is 427 g/mol. The van der Waals surface area contributed by atoms with Crippen molar-refractivity contribution in [3.63, 3.8) is 0 Å². The van der Waals surface area contributed by atoms with Crippen molar-refractivity contribution in [2.24, 2.45) is 0 Å². The van der Waals surface area contributed by atoms with E-state index in [0.29, 0.717) is 31.9 Å². The van der Waals surface area contributed by atoms with Crippen molar-refractivity contribution >= 4 is 17.5 Å². The zero-order valence-electron chi connectivity index (χ0n) is 18.2. The summed E-state index contributed by atoms with van der Waals surface area (Å²) >= 11 is 0. The van der Waals surface area contributed by atoms with Crippen LogP contribution < -0.4 is 4.90 Å². The first-order valence-electron chi connectivity index (χ1n) is 10.9. The minimum Gasteiger partial charge on any atom is -0.391 e. The predicted molar refractivity (Wildman–Crippen MR) is 116 cm³/mol. The molecule has 2 fully saturated rings. The first-order chi connectivity index (χ1) is 14.9. The van der Waals surface area contributed by atoms with Gasteiger partial charge in [0.1, 0.15) is 5.69 Å². The zero-order chi connectivity index (χ0) is 22.0. The lowest BCUT2D eigenvalue weighted by atomic mass is 10.1. The molecule has 8 heteroatoms. The number of hydrogen-bond acceptors (Lipinski definition) is 6. The highest BCUT2D eigenvalue weighted by atomic mass is 16.5. The predicted octanol–water partition coefficient (Wildman–Crippen LogP) is 2.61. The van der Waals surface area contributed by atoms with Gasteiger partial charge >= 0.3 is 6.03 Å². The number of β-amino-alcohol motifs (C(OH)–C–C–N with tert-alkyl or cyclic N) is 1. The quantitative estimate of drug-likeness (QED) is 0.740. The van der Waals surface area contributed by atoms with Crippen LogP contribution in [0.5, 0.6) is 0 Å². The van der Waals surface area contributed by atoms with Gasteiger partial charge in [-0.1, -0.05) is 6.07 Å². The summed E-state index contributed by atoms with van der Waals surface area (Å²) in [6, 6.07) is 7.79. The first kappa shape index (κ1) is 21.5. The van der Waals surface area contributed by atoms with Crippen molar-refractivity contribution in [2.45, 2.75) is 51.9 Å². The smallest absolute Gasteiger partial charge is 0.344 e. The molecule has 4 rings (SSSR count). The molecule has 31 heavy (non-hydrogen) atoms. The molecule has 1 atom stereocenters. The van der Waals surface area contributed by atoms with E-state index in [0.717, 1.165) is 37.1 Å². The van der Waals surface area contributed by atoms with Crippen molar-refractivity contribution in [3.05, 3.63) is 47.3 Å². The van der Waals surface area contributed by atoms with Crippen molar-refractivity contribution < 1.29 is 19.4 Å². The largest absolute Gasteiger partial charge is 0.391 e. The molecule has 1 aromatic heterocycles. The van der Waals surface area contributed by atoms with E-state index < -0.39 is 0 Å². The van der Waals surface area contributed by atoms with Crippen molar-refractivity contribution in [1.29, 1.82) is 0 Å². The van der Waals surface area contributed by atoms with Crippen LogP contribution in [0.25, 0.3) is 0 Å². The second-order valence-electron chi connectivity index (χ2n) is 8.55. The number of Topliss-reactive ketones (excluding diaryl/α,β-unsaturated/α-hetero) is 1. The molecule has 166 valence electrons. The molecule has 1 aromatic carbocycles. The van der Waals surface area contributed by atoms with E-state index in [-0.39, 0.29) is 24.0 Å². The van der Waals surface area contributed by atoms with Crippen molar-refractivity contribution in [3.8, 4) is 0 Å². The van der Waals surface area contributed by atoms with Crippen LogP contribution in [-0.4, -0.2) is 70.0 Å². The molecule has 0 bridgehead atoms. The lowest BCUT2D eigenvalue weighted by Gasteiger charge is -2.31. The van der Waals surface area contributed by atoms with Crippen LogP contribution in [-0.2, 0) is 11.3 Å². The molecule has 0 unspecified atom stereocenters. The molecule has 2 aromatic rings. The molecule has 0 aliphatic carbocycles. The second kappa shape index (κ2) is 9.20. The highest BCUT2D eigenvalue weighted by Gasteiger charge is 2.25. The Morgan fingerprint density at radius 2 is 1.94 bits per heavy atom. The van der Waals surface area contributed by atoms with Gasteiger partial charge < -0.3 is 19.6 Å². The summed E-state index contributed by atoms with van der Waals surface area (Å²) in [5.74, 6) is -0.154. The Kier molecular flexibility index (Phi) is 6.38. The van der Waals surface area contributed by atoms with E-state index in [1.165, 1.54) is 23.4 Å². The molecule has 0 spiro atoms. The number of ketones is 1. The molecule has 1 amide bonds. The van der Waals surface area contributed by atoms with Gasteiger partial charge in [0.2, 0.25) is 0 Å². The number of aromatic nitrogens is 2. The van der Waals surface area contributed by atoms with Gasteiger partial charge in [0, 0.05) is 45.0 Å². The Balaban J connectivity index is 1.29. The molecule has 0 saturated carbocycles. The number of benzene rings is 1. The number of anilines is 1. The van der Waals surface area contributed by atoms with Crippen LogP contribution >= 0.6 is 0 Å². The van der Waals surface area contributed by atoms with E-state index >= 15 is 0 Å². The molecule has 2 aliphatic heterocycles. The van der Waals surface area contributed by atoms with Crippen molar-refractivity contribution in [1.82, 2.24) is 14.7 Å². The third-order valence-electron chi connectivity index (χ3n) is 5.99. The number of carbonyl (C=O) groups excluding carboxylic acids is 2. The lowest BCUT2D eigenvalue weighted by Crippen LogP contribution is -2.43. The molecule has 1 N–H and O–H groups in total. The van der Waals surface area contributed by atoms with Crippen LogP contribution in [0.1, 0.15) is 47.8 Å². The first-order valence-corrected chi connectivity index (χ1v) is 10.9. The number of likely N-dealkylation sites (tertiary alicyclic amines) is 1. The molecule has 3 heterocycles. The Morgan fingerprint density at radius 3 is 2.58 bits per heavy atom. The molecule has 8 nitrogen and oxygen atoms in total. The minimum atomic E-state index is -0.246. The SMILES string of the molecule is CC(=O)c1ccn(C(=O)N2CCC(OCc3cc(C)cc(N4CC[C@H](O)C4)c3)CC2)n1. The summed E-state index contributed by atoms with van der Waals surface area (Å²) in [4.78, 5) is 28.0. The maximum absolute atomic E-state index is 12.6. The maximum atomic E-state index is 12.6. The number of carbonyl (C=O) groups is 2. The Hall–Kier alpha value is -2.71. The summed E-state index contributed by atoms with van der Waals surface area (Å²) < 4.78 is 7.40. The second-order valence-corrected chi connectivity index (χ2v) is 8.55. The van der Waals surface area contributed by atoms with E-state index in [9.17, 15) is 14.7 Å². The van der Waals surface area contributed by atoms with Gasteiger partial charge in [-0.05, 0) is 55.5 Å². The Morgan fingerprint density at radius 1 is 1.16 bits per heavy atom. The van der Waals surface area contributed by atoms with Crippen LogP contribution in [0.4, 0.5) is 10.5 Å². The fraction of sp³-hybridized carbons (Fsp3) is 0.522. The third-order valence-corrected chi connectivity index (χ3v) is 5.99. The molecular formula is C23H30N4O4. The normalized spacial score (nSPS) is 19.8. The van der Waals surface area contributed by atoms with E-state index in [1.54, 1.807) is 11.0 Å². The number of ether oxygens (including phenoxy) is 1. The number of hydrogen-bond donors (Lipinski definition) is 1. The highest BCUT2D eigenvalue weighted by Crippen LogP contribution is 2.25. The topological polar surface area (TPSA) is 87.9 Å².